The molecule has 2 aromatic rings. The summed E-state index contributed by atoms with van der Waals surface area (Å²) in [4.78, 5) is 15.4. The van der Waals surface area contributed by atoms with Crippen LogP contribution in [0.25, 0.3) is 0 Å². The maximum absolute atomic E-state index is 13.8. The maximum Gasteiger partial charge on any atom is 0.244 e. The molecule has 1 N–H and O–H groups in total. The predicted molar refractivity (Wildman–Crippen MR) is 134 cm³/mol. The molecule has 34 heavy (non-hydrogen) atoms. The fourth-order valence-corrected chi connectivity index (χ4v) is 6.19. The van der Waals surface area contributed by atoms with E-state index in [2.05, 4.69) is 10.2 Å². The number of carbonyl (C=O) groups excluding carboxylic acids is 1. The second-order valence-electron chi connectivity index (χ2n) is 9.14. The molecule has 1 amide bonds. The van der Waals surface area contributed by atoms with Crippen LogP contribution in [0.3, 0.4) is 0 Å². The van der Waals surface area contributed by atoms with Gasteiger partial charge in [0.1, 0.15) is 0 Å². The van der Waals surface area contributed by atoms with Crippen LogP contribution in [-0.4, -0.2) is 69.5 Å². The summed E-state index contributed by atoms with van der Waals surface area (Å²) in [5.74, 6) is -0.292. The van der Waals surface area contributed by atoms with Gasteiger partial charge in [0.25, 0.3) is 0 Å². The Bertz CT molecular complexity index is 1050. The van der Waals surface area contributed by atoms with Crippen LogP contribution in [0.15, 0.2) is 41.3 Å². The van der Waals surface area contributed by atoms with E-state index in [0.29, 0.717) is 17.7 Å². The zero-order valence-corrected chi connectivity index (χ0v) is 21.6. The van der Waals surface area contributed by atoms with E-state index in [1.54, 1.807) is 0 Å². The predicted octanol–water partition coefficient (Wildman–Crippen LogP) is 2.95. The van der Waals surface area contributed by atoms with Crippen molar-refractivity contribution in [3.63, 3.8) is 0 Å². The van der Waals surface area contributed by atoms with Crippen molar-refractivity contribution in [3.8, 4) is 0 Å². The molecule has 0 bridgehead atoms. The third-order valence-corrected chi connectivity index (χ3v) is 8.18. The van der Waals surface area contributed by atoms with Gasteiger partial charge in [-0.2, -0.15) is 4.31 Å². The number of ether oxygens (including phenoxy) is 1. The van der Waals surface area contributed by atoms with Crippen LogP contribution in [0.4, 0.5) is 0 Å². The zero-order valence-electron chi connectivity index (χ0n) is 20.8. The van der Waals surface area contributed by atoms with E-state index >= 15 is 0 Å². The first kappa shape index (κ1) is 26.3. The third kappa shape index (κ3) is 7.12. The van der Waals surface area contributed by atoms with Crippen molar-refractivity contribution in [3.05, 3.63) is 64.2 Å². The lowest BCUT2D eigenvalue weighted by Crippen LogP contribution is -2.42. The highest BCUT2D eigenvalue weighted by Gasteiger charge is 2.30. The van der Waals surface area contributed by atoms with Crippen LogP contribution in [0.1, 0.15) is 34.2 Å². The van der Waals surface area contributed by atoms with Crippen LogP contribution in [0.2, 0.25) is 0 Å². The second-order valence-corrected chi connectivity index (χ2v) is 11.0. The monoisotopic (exact) mass is 487 g/mol. The first-order valence-corrected chi connectivity index (χ1v) is 13.3. The molecule has 1 heterocycles. The van der Waals surface area contributed by atoms with Crippen molar-refractivity contribution in [2.45, 2.75) is 45.6 Å². The van der Waals surface area contributed by atoms with E-state index in [-0.39, 0.29) is 23.9 Å². The quantitative estimate of drug-likeness (QED) is 0.522. The molecular weight excluding hydrogens is 450 g/mol. The van der Waals surface area contributed by atoms with Crippen LogP contribution in [-0.2, 0) is 26.1 Å². The summed E-state index contributed by atoms with van der Waals surface area (Å²) in [5.41, 5.74) is 4.34. The lowest BCUT2D eigenvalue weighted by Gasteiger charge is -2.26. The van der Waals surface area contributed by atoms with E-state index < -0.39 is 10.0 Å². The minimum atomic E-state index is -3.88. The number of aryl methyl sites for hydroxylation is 4. The highest BCUT2D eigenvalue weighted by molar-refractivity contribution is 7.89. The number of morpholine rings is 1. The van der Waals surface area contributed by atoms with Gasteiger partial charge in [-0.3, -0.25) is 9.69 Å². The SMILES string of the molecule is Cc1ccc(CN(CC(=O)NCCCN2CCOCC2)S(=O)(=O)c2c(C)cc(C)cc2C)cc1. The highest BCUT2D eigenvalue weighted by Crippen LogP contribution is 2.26. The summed E-state index contributed by atoms with van der Waals surface area (Å²) in [6.45, 7) is 12.2. The van der Waals surface area contributed by atoms with Gasteiger partial charge in [-0.25, -0.2) is 8.42 Å². The summed E-state index contributed by atoms with van der Waals surface area (Å²) >= 11 is 0. The Labute approximate surface area is 204 Å². The van der Waals surface area contributed by atoms with Crippen LogP contribution in [0, 0.1) is 27.7 Å². The number of hydrogen-bond acceptors (Lipinski definition) is 5. The van der Waals surface area contributed by atoms with E-state index in [4.69, 9.17) is 4.74 Å². The average molecular weight is 488 g/mol. The second kappa shape index (κ2) is 11.9. The molecule has 3 rings (SSSR count). The molecule has 1 aliphatic heterocycles. The third-order valence-electron chi connectivity index (χ3n) is 6.08. The molecular formula is C26H37N3O4S. The molecule has 2 aromatic carbocycles. The lowest BCUT2D eigenvalue weighted by molar-refractivity contribution is -0.121. The minimum Gasteiger partial charge on any atom is -0.379 e. The molecule has 1 saturated heterocycles. The zero-order chi connectivity index (χ0) is 24.7. The van der Waals surface area contributed by atoms with Crippen LogP contribution < -0.4 is 5.32 Å². The molecule has 0 aliphatic carbocycles. The van der Waals surface area contributed by atoms with E-state index in [9.17, 15) is 13.2 Å². The first-order valence-electron chi connectivity index (χ1n) is 11.9. The number of rotatable bonds is 10. The Balaban J connectivity index is 1.72. The van der Waals surface area contributed by atoms with Gasteiger partial charge < -0.3 is 10.1 Å². The molecule has 0 aromatic heterocycles. The highest BCUT2D eigenvalue weighted by atomic mass is 32.2. The molecule has 8 heteroatoms. The standard InChI is InChI=1S/C26H37N3O4S/c1-20-6-8-24(9-7-20)18-29(34(31,32)26-22(3)16-21(2)17-23(26)4)19-25(30)27-10-5-11-28-12-14-33-15-13-28/h6-9,16-17H,5,10-15,18-19H2,1-4H3,(H,27,30). The van der Waals surface area contributed by atoms with Gasteiger partial charge in [-0.1, -0.05) is 47.5 Å². The Morgan fingerprint density at radius 2 is 1.62 bits per heavy atom. The fourth-order valence-electron chi connectivity index (χ4n) is 4.40. The summed E-state index contributed by atoms with van der Waals surface area (Å²) < 4.78 is 34.2. The molecule has 0 atom stereocenters. The smallest absolute Gasteiger partial charge is 0.244 e. The summed E-state index contributed by atoms with van der Waals surface area (Å²) in [7, 11) is -3.88. The minimum absolute atomic E-state index is 0.135. The van der Waals surface area contributed by atoms with Crippen LogP contribution in [0.5, 0.6) is 0 Å². The number of carbonyl (C=O) groups is 1. The average Bonchev–Trinajstić information content (AvgIpc) is 2.77. The van der Waals surface area contributed by atoms with E-state index in [1.165, 1.54) is 4.31 Å². The Morgan fingerprint density at radius 1 is 1.00 bits per heavy atom. The molecule has 7 nitrogen and oxygen atoms in total. The fraction of sp³-hybridized carbons (Fsp3) is 0.500. The number of nitrogens with one attached hydrogen (secondary N) is 1. The topological polar surface area (TPSA) is 79.0 Å². The van der Waals surface area contributed by atoms with Gasteiger partial charge in [0.15, 0.2) is 0 Å². The van der Waals surface area contributed by atoms with Crippen molar-refractivity contribution in [1.82, 2.24) is 14.5 Å². The molecule has 1 aliphatic rings. The van der Waals surface area contributed by atoms with Crippen molar-refractivity contribution in [2.24, 2.45) is 0 Å². The van der Waals surface area contributed by atoms with Crippen molar-refractivity contribution in [1.29, 1.82) is 0 Å². The van der Waals surface area contributed by atoms with Gasteiger partial charge in [-0.05, 0) is 57.4 Å². The van der Waals surface area contributed by atoms with Crippen LogP contribution >= 0.6 is 0 Å². The number of amides is 1. The van der Waals surface area contributed by atoms with E-state index in [0.717, 1.165) is 56.0 Å². The van der Waals surface area contributed by atoms with Gasteiger partial charge in [-0.15, -0.1) is 0 Å². The number of nitrogens with zero attached hydrogens (tertiary/aromatic N) is 2. The molecule has 0 radical (unpaired) electrons. The number of benzene rings is 2. The van der Waals surface area contributed by atoms with Gasteiger partial charge in [0, 0.05) is 26.2 Å². The Hall–Kier alpha value is -2.26. The molecule has 0 spiro atoms. The summed E-state index contributed by atoms with van der Waals surface area (Å²) in [6, 6.07) is 11.5. The maximum atomic E-state index is 13.8. The largest absolute Gasteiger partial charge is 0.379 e. The normalized spacial score (nSPS) is 15.0. The van der Waals surface area contributed by atoms with Crippen molar-refractivity contribution in [2.75, 3.05) is 45.9 Å². The molecule has 1 fully saturated rings. The first-order chi connectivity index (χ1) is 16.2. The number of sulfonamides is 1. The van der Waals surface area contributed by atoms with E-state index in [1.807, 2.05) is 64.1 Å². The van der Waals surface area contributed by atoms with Crippen molar-refractivity contribution >= 4 is 15.9 Å². The Morgan fingerprint density at radius 3 is 2.24 bits per heavy atom. The summed E-state index contributed by atoms with van der Waals surface area (Å²) in [5, 5.41) is 2.91. The lowest BCUT2D eigenvalue weighted by atomic mass is 10.1. The molecule has 0 unspecified atom stereocenters. The molecule has 0 saturated carbocycles. The van der Waals surface area contributed by atoms with Gasteiger partial charge in [0.2, 0.25) is 15.9 Å². The molecule has 186 valence electrons. The van der Waals surface area contributed by atoms with Gasteiger partial charge >= 0.3 is 0 Å². The number of hydrogen-bond donors (Lipinski definition) is 1. The van der Waals surface area contributed by atoms with Gasteiger partial charge in [0.05, 0.1) is 24.7 Å². The van der Waals surface area contributed by atoms with Crippen molar-refractivity contribution < 1.29 is 17.9 Å². The Kier molecular flexibility index (Phi) is 9.24. The summed E-state index contributed by atoms with van der Waals surface area (Å²) in [6.07, 6.45) is 0.812.